The first-order chi connectivity index (χ1) is 14.1. The van der Waals surface area contributed by atoms with E-state index in [0.29, 0.717) is 5.75 Å². The lowest BCUT2D eigenvalue weighted by molar-refractivity contribution is -0.124. The van der Waals surface area contributed by atoms with E-state index >= 15 is 0 Å². The van der Waals surface area contributed by atoms with E-state index < -0.39 is 16.1 Å². The van der Waals surface area contributed by atoms with E-state index in [1.165, 1.54) is 24.8 Å². The lowest BCUT2D eigenvalue weighted by Gasteiger charge is -2.33. The molecule has 7 nitrogen and oxygen atoms in total. The van der Waals surface area contributed by atoms with Crippen molar-refractivity contribution in [1.82, 2.24) is 14.9 Å². The maximum absolute atomic E-state index is 12.9. The number of hydrogen-bond acceptors (Lipinski definition) is 5. The smallest absolute Gasteiger partial charge is 0.241 e. The molecule has 0 unspecified atom stereocenters. The van der Waals surface area contributed by atoms with Gasteiger partial charge in [-0.15, -0.1) is 0 Å². The molecule has 0 bridgehead atoms. The van der Waals surface area contributed by atoms with Gasteiger partial charge in [-0.3, -0.25) is 9.69 Å². The van der Waals surface area contributed by atoms with Gasteiger partial charge >= 0.3 is 0 Å². The number of allylic oxidation sites excluding steroid dienone is 1. The van der Waals surface area contributed by atoms with Crippen molar-refractivity contribution in [2.45, 2.75) is 57.5 Å². The first kappa shape index (κ1) is 24.4. The Bertz CT molecular complexity index is 822. The van der Waals surface area contributed by atoms with Crippen LogP contribution >= 0.6 is 0 Å². The predicted octanol–water partition coefficient (Wildman–Crippen LogP) is 2.54. The van der Waals surface area contributed by atoms with Crippen molar-refractivity contribution in [2.24, 2.45) is 5.92 Å². The number of nitrogens with zero attached hydrogens (tertiary/aromatic N) is 1. The zero-order chi connectivity index (χ0) is 22.3. The van der Waals surface area contributed by atoms with Gasteiger partial charge in [0.1, 0.15) is 11.8 Å². The molecule has 168 valence electrons. The summed E-state index contributed by atoms with van der Waals surface area (Å²) in [6.45, 7) is 10.6. The summed E-state index contributed by atoms with van der Waals surface area (Å²) in [5, 5.41) is 3.05. The number of hydrogen-bond donors (Lipinski definition) is 2. The van der Waals surface area contributed by atoms with Crippen LogP contribution in [0.1, 0.15) is 40.5 Å². The fraction of sp³-hybridized carbons (Fsp3) is 0.591. The third-order valence-electron chi connectivity index (χ3n) is 5.29. The standard InChI is InChI=1S/C22H35N3O4S/c1-16(2)10-13-25-14-11-18(12-15-25)23-22(26)21(17(3)4)24-30(27,28)20-8-6-19(29-5)7-9-20/h6-10,17-18,21,24H,11-15H2,1-5H3,(H,23,26)/t21-/m0/s1. The van der Waals surface area contributed by atoms with E-state index in [4.69, 9.17) is 4.74 Å². The van der Waals surface area contributed by atoms with E-state index in [9.17, 15) is 13.2 Å². The van der Waals surface area contributed by atoms with Gasteiger partial charge in [-0.2, -0.15) is 4.72 Å². The number of likely N-dealkylation sites (tertiary alicyclic amines) is 1. The molecule has 0 spiro atoms. The molecule has 1 fully saturated rings. The van der Waals surface area contributed by atoms with Gasteiger partial charge in [-0.1, -0.05) is 25.5 Å². The van der Waals surface area contributed by atoms with Crippen LogP contribution in [0.5, 0.6) is 5.75 Å². The second-order valence-corrected chi connectivity index (χ2v) is 10.1. The van der Waals surface area contributed by atoms with E-state index in [1.54, 1.807) is 12.1 Å². The molecule has 1 atom stereocenters. The average Bonchev–Trinajstić information content (AvgIpc) is 2.71. The van der Waals surface area contributed by atoms with Crippen LogP contribution in [-0.2, 0) is 14.8 Å². The molecule has 8 heteroatoms. The molecule has 0 radical (unpaired) electrons. The minimum absolute atomic E-state index is 0.0622. The quantitative estimate of drug-likeness (QED) is 0.580. The number of sulfonamides is 1. The van der Waals surface area contributed by atoms with Gasteiger partial charge in [-0.25, -0.2) is 8.42 Å². The summed E-state index contributed by atoms with van der Waals surface area (Å²) >= 11 is 0. The summed E-state index contributed by atoms with van der Waals surface area (Å²) in [7, 11) is -2.30. The van der Waals surface area contributed by atoms with Crippen molar-refractivity contribution in [3.8, 4) is 5.75 Å². The van der Waals surface area contributed by atoms with Crippen LogP contribution in [0.15, 0.2) is 40.8 Å². The van der Waals surface area contributed by atoms with Gasteiger partial charge in [0.05, 0.1) is 12.0 Å². The molecular formula is C22H35N3O4S. The lowest BCUT2D eigenvalue weighted by Crippen LogP contribution is -2.53. The average molecular weight is 438 g/mol. The number of methoxy groups -OCH3 is 1. The van der Waals surface area contributed by atoms with Crippen molar-refractivity contribution in [3.63, 3.8) is 0 Å². The Balaban J connectivity index is 1.97. The summed E-state index contributed by atoms with van der Waals surface area (Å²) in [5.74, 6) is 0.114. The molecule has 1 amide bonds. The Kier molecular flexibility index (Phi) is 8.88. The second-order valence-electron chi connectivity index (χ2n) is 8.38. The van der Waals surface area contributed by atoms with Crippen LogP contribution in [-0.4, -0.2) is 58.1 Å². The minimum atomic E-state index is -3.82. The summed E-state index contributed by atoms with van der Waals surface area (Å²) < 4.78 is 33.2. The van der Waals surface area contributed by atoms with Gasteiger partial charge in [0, 0.05) is 25.7 Å². The number of piperidine rings is 1. The Labute approximate surface area is 180 Å². The van der Waals surface area contributed by atoms with E-state index in [-0.39, 0.29) is 22.8 Å². The molecule has 1 heterocycles. The molecular weight excluding hydrogens is 402 g/mol. The highest BCUT2D eigenvalue weighted by atomic mass is 32.2. The molecule has 1 saturated heterocycles. The molecule has 0 aromatic heterocycles. The van der Waals surface area contributed by atoms with Gasteiger partial charge in [-0.05, 0) is 56.9 Å². The van der Waals surface area contributed by atoms with Crippen molar-refractivity contribution >= 4 is 15.9 Å². The molecule has 2 N–H and O–H groups in total. The van der Waals surface area contributed by atoms with E-state index in [1.807, 2.05) is 13.8 Å². The van der Waals surface area contributed by atoms with Crippen LogP contribution in [0.2, 0.25) is 0 Å². The highest BCUT2D eigenvalue weighted by Gasteiger charge is 2.30. The molecule has 1 aromatic carbocycles. The molecule has 1 aliphatic rings. The number of rotatable bonds is 9. The van der Waals surface area contributed by atoms with Gasteiger partial charge < -0.3 is 10.1 Å². The number of benzene rings is 1. The fourth-order valence-corrected chi connectivity index (χ4v) is 4.69. The van der Waals surface area contributed by atoms with Crippen LogP contribution in [0.4, 0.5) is 0 Å². The van der Waals surface area contributed by atoms with E-state index in [2.05, 4.69) is 34.9 Å². The number of carbonyl (C=O) groups excluding carboxylic acids is 1. The summed E-state index contributed by atoms with van der Waals surface area (Å²) in [5.41, 5.74) is 1.30. The summed E-state index contributed by atoms with van der Waals surface area (Å²) in [4.78, 5) is 15.3. The van der Waals surface area contributed by atoms with Gasteiger partial charge in [0.25, 0.3) is 0 Å². The van der Waals surface area contributed by atoms with Crippen LogP contribution in [0, 0.1) is 5.92 Å². The van der Waals surface area contributed by atoms with Crippen LogP contribution in [0.25, 0.3) is 0 Å². The fourth-order valence-electron chi connectivity index (χ4n) is 3.34. The Morgan fingerprint density at radius 2 is 1.80 bits per heavy atom. The van der Waals surface area contributed by atoms with E-state index in [0.717, 1.165) is 32.5 Å². The van der Waals surface area contributed by atoms with Gasteiger partial charge in [0.15, 0.2) is 0 Å². The molecule has 0 saturated carbocycles. The molecule has 0 aliphatic carbocycles. The van der Waals surface area contributed by atoms with Crippen LogP contribution < -0.4 is 14.8 Å². The highest BCUT2D eigenvalue weighted by molar-refractivity contribution is 7.89. The van der Waals surface area contributed by atoms with Crippen molar-refractivity contribution in [1.29, 1.82) is 0 Å². The monoisotopic (exact) mass is 437 g/mol. The molecule has 2 rings (SSSR count). The number of carbonyl (C=O) groups is 1. The first-order valence-corrected chi connectivity index (χ1v) is 11.9. The zero-order valence-electron chi connectivity index (χ0n) is 18.6. The maximum Gasteiger partial charge on any atom is 0.241 e. The predicted molar refractivity (Wildman–Crippen MR) is 119 cm³/mol. The third-order valence-corrected chi connectivity index (χ3v) is 6.75. The first-order valence-electron chi connectivity index (χ1n) is 10.4. The maximum atomic E-state index is 12.9. The SMILES string of the molecule is COc1ccc(S(=O)(=O)N[C@H](C(=O)NC2CCN(CC=C(C)C)CC2)C(C)C)cc1. The number of amides is 1. The zero-order valence-corrected chi connectivity index (χ0v) is 19.5. The largest absolute Gasteiger partial charge is 0.497 e. The lowest BCUT2D eigenvalue weighted by atomic mass is 10.0. The normalized spacial score (nSPS) is 16.9. The summed E-state index contributed by atoms with van der Waals surface area (Å²) in [6, 6.07) is 5.34. The number of nitrogens with one attached hydrogen (secondary N) is 2. The van der Waals surface area contributed by atoms with Crippen molar-refractivity contribution in [2.75, 3.05) is 26.7 Å². The topological polar surface area (TPSA) is 87.7 Å². The third kappa shape index (κ3) is 7.11. The molecule has 30 heavy (non-hydrogen) atoms. The molecule has 1 aliphatic heterocycles. The molecule has 1 aromatic rings. The minimum Gasteiger partial charge on any atom is -0.497 e. The Morgan fingerprint density at radius 1 is 1.20 bits per heavy atom. The second kappa shape index (κ2) is 10.9. The highest BCUT2D eigenvalue weighted by Crippen LogP contribution is 2.17. The Morgan fingerprint density at radius 3 is 2.30 bits per heavy atom. The number of ether oxygens (including phenoxy) is 1. The van der Waals surface area contributed by atoms with Gasteiger partial charge in [0.2, 0.25) is 15.9 Å². The Hall–Kier alpha value is -1.90. The summed E-state index contributed by atoms with van der Waals surface area (Å²) in [6.07, 6.45) is 3.93. The van der Waals surface area contributed by atoms with Crippen molar-refractivity contribution < 1.29 is 17.9 Å². The van der Waals surface area contributed by atoms with Crippen LogP contribution in [0.3, 0.4) is 0 Å². The van der Waals surface area contributed by atoms with Crippen molar-refractivity contribution in [3.05, 3.63) is 35.9 Å².